The van der Waals surface area contributed by atoms with Crippen LogP contribution < -0.4 is 10.0 Å². The van der Waals surface area contributed by atoms with E-state index >= 15 is 0 Å². The zero-order valence-corrected chi connectivity index (χ0v) is 16.7. The molecule has 0 amide bonds. The van der Waals surface area contributed by atoms with Crippen LogP contribution in [0.1, 0.15) is 16.7 Å². The molecule has 2 N–H and O–H groups in total. The quantitative estimate of drug-likeness (QED) is 0.494. The SMILES string of the molecule is O=S(=O)(NC1(c2ccc(C(F)(F)F)cc2)C=C(Cl)NC=N1)c1ccc(C(F)(F)F)cc1. The predicted octanol–water partition coefficient (Wildman–Crippen LogP) is 4.57. The summed E-state index contributed by atoms with van der Waals surface area (Å²) in [6.07, 6.45) is -7.13. The van der Waals surface area contributed by atoms with Crippen molar-refractivity contribution in [1.29, 1.82) is 0 Å². The van der Waals surface area contributed by atoms with Gasteiger partial charge in [0.2, 0.25) is 10.0 Å². The van der Waals surface area contributed by atoms with Gasteiger partial charge in [-0.1, -0.05) is 23.7 Å². The number of nitrogens with one attached hydrogen (secondary N) is 2. The zero-order chi connectivity index (χ0) is 23.1. The Morgan fingerprint density at radius 2 is 1.35 bits per heavy atom. The van der Waals surface area contributed by atoms with E-state index in [2.05, 4.69) is 15.0 Å². The highest BCUT2D eigenvalue weighted by atomic mass is 35.5. The first kappa shape index (κ1) is 23.1. The molecular formula is C18H12ClF6N3O2S. The van der Waals surface area contributed by atoms with Crippen LogP contribution in [-0.2, 0) is 28.0 Å². The number of halogens is 7. The number of hydrogen-bond donors (Lipinski definition) is 2. The Hall–Kier alpha value is -2.57. The van der Waals surface area contributed by atoms with Crippen LogP contribution >= 0.6 is 11.6 Å². The van der Waals surface area contributed by atoms with Crippen molar-refractivity contribution in [3.05, 3.63) is 76.5 Å². The third-order valence-corrected chi connectivity index (χ3v) is 5.93. The average molecular weight is 484 g/mol. The number of aliphatic imine (C=N–C) groups is 1. The lowest BCUT2D eigenvalue weighted by molar-refractivity contribution is -0.138. The third kappa shape index (κ3) is 5.02. The monoisotopic (exact) mass is 483 g/mol. The van der Waals surface area contributed by atoms with E-state index in [9.17, 15) is 34.8 Å². The maximum absolute atomic E-state index is 12.9. The van der Waals surface area contributed by atoms with E-state index in [0.717, 1.165) is 48.8 Å². The first-order chi connectivity index (χ1) is 14.2. The number of hydrogen-bond acceptors (Lipinski definition) is 4. The molecular weight excluding hydrogens is 472 g/mol. The van der Waals surface area contributed by atoms with Gasteiger partial charge in [-0.3, -0.25) is 0 Å². The standard InChI is InChI=1S/C18H12ClF6N3O2S/c19-15-9-16(27-10-26-15,11-1-3-12(4-2-11)17(20,21)22)28-31(29,30)14-7-5-13(6-8-14)18(23,24)25/h1-10,28H,(H,26,27). The summed E-state index contributed by atoms with van der Waals surface area (Å²) in [5, 5.41) is 2.41. The van der Waals surface area contributed by atoms with E-state index in [1.165, 1.54) is 0 Å². The van der Waals surface area contributed by atoms with Crippen molar-refractivity contribution in [2.45, 2.75) is 22.9 Å². The van der Waals surface area contributed by atoms with Gasteiger partial charge in [0.15, 0.2) is 5.66 Å². The van der Waals surface area contributed by atoms with Crippen LogP contribution in [-0.4, -0.2) is 14.8 Å². The second kappa shape index (κ2) is 7.84. The number of benzene rings is 2. The molecule has 5 nitrogen and oxygen atoms in total. The number of nitrogens with zero attached hydrogens (tertiary/aromatic N) is 1. The summed E-state index contributed by atoms with van der Waals surface area (Å²) in [4.78, 5) is 3.48. The lowest BCUT2D eigenvalue weighted by atomic mass is 9.99. The van der Waals surface area contributed by atoms with E-state index in [4.69, 9.17) is 11.6 Å². The van der Waals surface area contributed by atoms with E-state index < -0.39 is 44.1 Å². The zero-order valence-electron chi connectivity index (χ0n) is 15.1. The summed E-state index contributed by atoms with van der Waals surface area (Å²) in [6, 6.07) is 6.19. The van der Waals surface area contributed by atoms with Gasteiger partial charge in [-0.25, -0.2) is 13.4 Å². The molecule has 1 heterocycles. The van der Waals surface area contributed by atoms with Gasteiger partial charge in [0, 0.05) is 0 Å². The fraction of sp³-hybridized carbons (Fsp3) is 0.167. The van der Waals surface area contributed by atoms with Crippen molar-refractivity contribution >= 4 is 28.0 Å². The first-order valence-electron chi connectivity index (χ1n) is 8.31. The lowest BCUT2D eigenvalue weighted by Crippen LogP contribution is -2.45. The Morgan fingerprint density at radius 3 is 1.81 bits per heavy atom. The maximum atomic E-state index is 12.9. The van der Waals surface area contributed by atoms with Crippen molar-refractivity contribution in [2.24, 2.45) is 4.99 Å². The molecule has 0 radical (unpaired) electrons. The molecule has 1 unspecified atom stereocenters. The molecule has 3 rings (SSSR count). The van der Waals surface area contributed by atoms with Crippen molar-refractivity contribution in [3.8, 4) is 0 Å². The molecule has 0 spiro atoms. The van der Waals surface area contributed by atoms with Gasteiger partial charge < -0.3 is 5.32 Å². The van der Waals surface area contributed by atoms with E-state index in [1.807, 2.05) is 0 Å². The van der Waals surface area contributed by atoms with Gasteiger partial charge in [-0.15, -0.1) is 0 Å². The minimum Gasteiger partial charge on any atom is -0.337 e. The highest BCUT2D eigenvalue weighted by Gasteiger charge is 2.38. The minimum absolute atomic E-state index is 0.00751. The molecule has 0 saturated heterocycles. The molecule has 2 aromatic rings. The maximum Gasteiger partial charge on any atom is 0.416 e. The van der Waals surface area contributed by atoms with Gasteiger partial charge in [0.1, 0.15) is 5.16 Å². The van der Waals surface area contributed by atoms with Gasteiger partial charge >= 0.3 is 12.4 Å². The van der Waals surface area contributed by atoms with Gasteiger partial charge in [-0.2, -0.15) is 31.1 Å². The summed E-state index contributed by atoms with van der Waals surface area (Å²) in [5.74, 6) is 0. The molecule has 1 aliphatic heterocycles. The predicted molar refractivity (Wildman–Crippen MR) is 100 cm³/mol. The fourth-order valence-corrected chi connectivity index (χ4v) is 4.19. The minimum atomic E-state index is -4.66. The molecule has 1 aliphatic rings. The molecule has 0 fully saturated rings. The Bertz CT molecular complexity index is 1130. The normalized spacial score (nSPS) is 19.6. The third-order valence-electron chi connectivity index (χ3n) is 4.24. The van der Waals surface area contributed by atoms with Crippen LogP contribution in [0.25, 0.3) is 0 Å². The summed E-state index contributed by atoms with van der Waals surface area (Å²) in [7, 11) is -4.48. The van der Waals surface area contributed by atoms with Crippen LogP contribution in [0.4, 0.5) is 26.3 Å². The topological polar surface area (TPSA) is 70.6 Å². The van der Waals surface area contributed by atoms with Gasteiger partial charge in [0.05, 0.1) is 22.4 Å². The Kier molecular flexibility index (Phi) is 5.84. The Morgan fingerprint density at radius 1 is 0.871 bits per heavy atom. The molecule has 2 aromatic carbocycles. The molecule has 1 atom stereocenters. The molecule has 0 aliphatic carbocycles. The molecule has 0 bridgehead atoms. The van der Waals surface area contributed by atoms with E-state index in [-0.39, 0.29) is 10.7 Å². The highest BCUT2D eigenvalue weighted by Crippen LogP contribution is 2.35. The van der Waals surface area contributed by atoms with Gasteiger partial charge in [-0.05, 0) is 48.0 Å². The highest BCUT2D eigenvalue weighted by molar-refractivity contribution is 7.89. The molecule has 166 valence electrons. The van der Waals surface area contributed by atoms with Crippen molar-refractivity contribution in [3.63, 3.8) is 0 Å². The Labute approximate surface area is 177 Å². The molecule has 31 heavy (non-hydrogen) atoms. The lowest BCUT2D eigenvalue weighted by Gasteiger charge is -2.30. The van der Waals surface area contributed by atoms with Crippen LogP contribution in [0.5, 0.6) is 0 Å². The molecule has 0 aromatic heterocycles. The fourth-order valence-electron chi connectivity index (χ4n) is 2.73. The number of rotatable bonds is 4. The van der Waals surface area contributed by atoms with Crippen LogP contribution in [0.3, 0.4) is 0 Å². The second-order valence-electron chi connectivity index (χ2n) is 6.36. The summed E-state index contributed by atoms with van der Waals surface area (Å²) in [6.45, 7) is 0. The van der Waals surface area contributed by atoms with E-state index in [1.54, 1.807) is 0 Å². The van der Waals surface area contributed by atoms with Gasteiger partial charge in [0.25, 0.3) is 0 Å². The summed E-state index contributed by atoms with van der Waals surface area (Å²) >= 11 is 5.92. The smallest absolute Gasteiger partial charge is 0.337 e. The summed E-state index contributed by atoms with van der Waals surface area (Å²) < 4.78 is 105. The van der Waals surface area contributed by atoms with E-state index in [0.29, 0.717) is 12.1 Å². The van der Waals surface area contributed by atoms with Crippen molar-refractivity contribution in [2.75, 3.05) is 0 Å². The number of sulfonamides is 1. The van der Waals surface area contributed by atoms with Crippen LogP contribution in [0.15, 0.2) is 69.7 Å². The number of alkyl halides is 6. The molecule has 13 heteroatoms. The first-order valence-corrected chi connectivity index (χ1v) is 10.2. The van der Waals surface area contributed by atoms with Crippen LogP contribution in [0.2, 0.25) is 0 Å². The van der Waals surface area contributed by atoms with Crippen LogP contribution in [0, 0.1) is 0 Å². The Balaban J connectivity index is 2.02. The molecule has 0 saturated carbocycles. The summed E-state index contributed by atoms with van der Waals surface area (Å²) in [5.41, 5.74) is -3.96. The van der Waals surface area contributed by atoms with Crippen molar-refractivity contribution < 1.29 is 34.8 Å². The average Bonchev–Trinajstić information content (AvgIpc) is 2.66. The largest absolute Gasteiger partial charge is 0.416 e. The second-order valence-corrected chi connectivity index (χ2v) is 8.45. The van der Waals surface area contributed by atoms with Crippen molar-refractivity contribution in [1.82, 2.24) is 10.0 Å².